The Kier molecular flexibility index (Phi) is 5.12. The maximum absolute atomic E-state index is 12.2. The average Bonchev–Trinajstić information content (AvgIpc) is 2.90. The number of hydrogen-bond donors (Lipinski definition) is 0. The summed E-state index contributed by atoms with van der Waals surface area (Å²) in [4.78, 5) is 12.2. The first-order chi connectivity index (χ1) is 12.2. The van der Waals surface area contributed by atoms with E-state index in [0.717, 1.165) is 16.9 Å². The maximum atomic E-state index is 12.2. The number of thiazole rings is 1. The molecule has 0 amide bonds. The number of rotatable bonds is 4. The summed E-state index contributed by atoms with van der Waals surface area (Å²) in [5.41, 5.74) is 1.92. The van der Waals surface area contributed by atoms with E-state index in [0.29, 0.717) is 15.8 Å². The Bertz CT molecular complexity index is 1070. The standard InChI is InChI=1S/C20H16N2O2S/c1-22-19(11-12-21)25-18(20(22)23)13-15-7-9-17(10-8-15)24-14-16-5-3-2-4-6-16/h2-11,13H,14H2,1H3/b18-13+,19-11-. The van der Waals surface area contributed by atoms with Gasteiger partial charge in [0.15, 0.2) is 0 Å². The molecule has 3 aromatic rings. The Morgan fingerprint density at radius 2 is 1.88 bits per heavy atom. The molecule has 0 saturated heterocycles. The Balaban J connectivity index is 1.79. The maximum Gasteiger partial charge on any atom is 0.268 e. The Morgan fingerprint density at radius 1 is 1.16 bits per heavy atom. The number of aromatic nitrogens is 1. The van der Waals surface area contributed by atoms with Gasteiger partial charge in [-0.25, -0.2) is 0 Å². The van der Waals surface area contributed by atoms with Crippen molar-refractivity contribution >= 4 is 23.5 Å². The van der Waals surface area contributed by atoms with E-state index in [9.17, 15) is 4.79 Å². The fraction of sp³-hybridized carbons (Fsp3) is 0.100. The minimum Gasteiger partial charge on any atom is -0.489 e. The average molecular weight is 348 g/mol. The van der Waals surface area contributed by atoms with Crippen molar-refractivity contribution in [1.29, 1.82) is 5.26 Å². The predicted molar refractivity (Wildman–Crippen MR) is 99.7 cm³/mol. The summed E-state index contributed by atoms with van der Waals surface area (Å²) >= 11 is 1.30. The zero-order valence-electron chi connectivity index (χ0n) is 13.7. The highest BCUT2D eigenvalue weighted by Gasteiger charge is 2.01. The molecule has 5 heteroatoms. The Morgan fingerprint density at radius 3 is 2.56 bits per heavy atom. The lowest BCUT2D eigenvalue weighted by molar-refractivity contribution is 0.306. The van der Waals surface area contributed by atoms with E-state index in [2.05, 4.69) is 0 Å². The minimum absolute atomic E-state index is 0.101. The van der Waals surface area contributed by atoms with Crippen molar-refractivity contribution < 1.29 is 4.74 Å². The normalized spacial score (nSPS) is 12.2. The van der Waals surface area contributed by atoms with Gasteiger partial charge in [-0.1, -0.05) is 42.5 Å². The quantitative estimate of drug-likeness (QED) is 0.726. The third-order valence-corrected chi connectivity index (χ3v) is 4.79. The molecule has 3 rings (SSSR count). The van der Waals surface area contributed by atoms with Crippen molar-refractivity contribution in [3.8, 4) is 11.8 Å². The van der Waals surface area contributed by atoms with E-state index in [1.165, 1.54) is 22.0 Å². The van der Waals surface area contributed by atoms with Gasteiger partial charge in [0.25, 0.3) is 5.56 Å². The van der Waals surface area contributed by atoms with Crippen LogP contribution in [0.4, 0.5) is 0 Å². The molecule has 1 heterocycles. The van der Waals surface area contributed by atoms with Crippen LogP contribution in [-0.4, -0.2) is 4.57 Å². The molecule has 124 valence electrons. The zero-order chi connectivity index (χ0) is 17.6. The van der Waals surface area contributed by atoms with Gasteiger partial charge in [-0.2, -0.15) is 5.26 Å². The van der Waals surface area contributed by atoms with Gasteiger partial charge >= 0.3 is 0 Å². The number of nitrogens with zero attached hydrogens (tertiary/aromatic N) is 2. The van der Waals surface area contributed by atoms with Crippen molar-refractivity contribution in [2.75, 3.05) is 0 Å². The first kappa shape index (κ1) is 16.7. The SMILES string of the molecule is Cn1c(=O)/c(=C\c2ccc(OCc3ccccc3)cc2)s/c1=C\C#N. The van der Waals surface area contributed by atoms with E-state index in [-0.39, 0.29) is 5.56 Å². The van der Waals surface area contributed by atoms with E-state index in [1.807, 2.05) is 66.7 Å². The summed E-state index contributed by atoms with van der Waals surface area (Å²) in [6.07, 6.45) is 3.20. The van der Waals surface area contributed by atoms with E-state index in [4.69, 9.17) is 10.00 Å². The molecule has 0 fully saturated rings. The monoisotopic (exact) mass is 348 g/mol. The van der Waals surface area contributed by atoms with Gasteiger partial charge in [0.05, 0.1) is 10.6 Å². The van der Waals surface area contributed by atoms with Crippen molar-refractivity contribution in [3.63, 3.8) is 0 Å². The molecule has 0 N–H and O–H groups in total. The van der Waals surface area contributed by atoms with E-state index >= 15 is 0 Å². The smallest absolute Gasteiger partial charge is 0.268 e. The third-order valence-electron chi connectivity index (χ3n) is 3.67. The summed E-state index contributed by atoms with van der Waals surface area (Å²) < 4.78 is 8.48. The lowest BCUT2D eigenvalue weighted by Crippen LogP contribution is -2.28. The number of nitriles is 1. The highest BCUT2D eigenvalue weighted by atomic mass is 32.1. The minimum atomic E-state index is -0.101. The summed E-state index contributed by atoms with van der Waals surface area (Å²) in [6, 6.07) is 19.5. The van der Waals surface area contributed by atoms with Crippen LogP contribution in [0.1, 0.15) is 11.1 Å². The molecule has 0 unspecified atom stereocenters. The van der Waals surface area contributed by atoms with Crippen LogP contribution in [0, 0.1) is 11.3 Å². The molecule has 25 heavy (non-hydrogen) atoms. The molecule has 0 bridgehead atoms. The highest BCUT2D eigenvalue weighted by Crippen LogP contribution is 2.14. The molecule has 0 saturated carbocycles. The third kappa shape index (κ3) is 4.06. The predicted octanol–water partition coefficient (Wildman–Crippen LogP) is 2.16. The second-order valence-electron chi connectivity index (χ2n) is 5.43. The van der Waals surface area contributed by atoms with E-state index < -0.39 is 0 Å². The van der Waals surface area contributed by atoms with E-state index in [1.54, 1.807) is 7.05 Å². The summed E-state index contributed by atoms with van der Waals surface area (Å²) in [5.74, 6) is 0.776. The van der Waals surface area contributed by atoms with Gasteiger partial charge in [-0.05, 0) is 29.3 Å². The first-order valence-corrected chi connectivity index (χ1v) is 8.53. The van der Waals surface area contributed by atoms with Gasteiger partial charge in [-0.15, -0.1) is 11.3 Å². The molecular weight excluding hydrogens is 332 g/mol. The number of hydrogen-bond acceptors (Lipinski definition) is 4. The van der Waals surface area contributed by atoms with Gasteiger partial charge in [0.1, 0.15) is 17.0 Å². The van der Waals surface area contributed by atoms with Crippen LogP contribution in [0.25, 0.3) is 12.2 Å². The molecular formula is C20H16N2O2S. The molecule has 0 atom stereocenters. The van der Waals surface area contributed by atoms with Crippen LogP contribution in [0.15, 0.2) is 59.4 Å². The van der Waals surface area contributed by atoms with Crippen molar-refractivity contribution in [1.82, 2.24) is 4.57 Å². The van der Waals surface area contributed by atoms with Crippen LogP contribution in [-0.2, 0) is 13.7 Å². The fourth-order valence-corrected chi connectivity index (χ4v) is 3.29. The summed E-state index contributed by atoms with van der Waals surface area (Å²) in [7, 11) is 1.67. The van der Waals surface area contributed by atoms with Crippen molar-refractivity contribution in [2.45, 2.75) is 6.61 Å². The fourth-order valence-electron chi connectivity index (χ4n) is 2.32. The molecule has 4 nitrogen and oxygen atoms in total. The molecule has 1 aromatic heterocycles. The Hall–Kier alpha value is -3.10. The largest absolute Gasteiger partial charge is 0.489 e. The molecule has 0 aliphatic rings. The second-order valence-corrected chi connectivity index (χ2v) is 6.49. The van der Waals surface area contributed by atoms with Gasteiger partial charge in [-0.3, -0.25) is 4.79 Å². The molecule has 0 aliphatic carbocycles. The first-order valence-electron chi connectivity index (χ1n) is 7.71. The van der Waals surface area contributed by atoms with Crippen LogP contribution < -0.4 is 19.5 Å². The van der Waals surface area contributed by atoms with Crippen LogP contribution in [0.2, 0.25) is 0 Å². The molecule has 0 aliphatic heterocycles. The zero-order valence-corrected chi connectivity index (χ0v) is 14.5. The lowest BCUT2D eigenvalue weighted by atomic mass is 10.2. The Labute approximate surface area is 149 Å². The number of benzene rings is 2. The second kappa shape index (κ2) is 7.65. The number of ether oxygens (including phenoxy) is 1. The van der Waals surface area contributed by atoms with Gasteiger partial charge < -0.3 is 9.30 Å². The van der Waals surface area contributed by atoms with Crippen LogP contribution >= 0.6 is 11.3 Å². The lowest BCUT2D eigenvalue weighted by Gasteiger charge is -2.06. The van der Waals surface area contributed by atoms with Crippen LogP contribution in [0.3, 0.4) is 0 Å². The van der Waals surface area contributed by atoms with Gasteiger partial charge in [0, 0.05) is 13.1 Å². The van der Waals surface area contributed by atoms with Crippen LogP contribution in [0.5, 0.6) is 5.75 Å². The topological polar surface area (TPSA) is 55.0 Å². The van der Waals surface area contributed by atoms with Crippen molar-refractivity contribution in [2.24, 2.45) is 7.05 Å². The summed E-state index contributed by atoms with van der Waals surface area (Å²) in [5, 5.41) is 8.76. The highest BCUT2D eigenvalue weighted by molar-refractivity contribution is 7.07. The van der Waals surface area contributed by atoms with Crippen molar-refractivity contribution in [3.05, 3.63) is 85.3 Å². The molecule has 2 aromatic carbocycles. The summed E-state index contributed by atoms with van der Waals surface area (Å²) in [6.45, 7) is 0.517. The molecule has 0 spiro atoms. The van der Waals surface area contributed by atoms with Gasteiger partial charge in [0.2, 0.25) is 0 Å². The molecule has 0 radical (unpaired) electrons.